The van der Waals surface area contributed by atoms with E-state index in [0.29, 0.717) is 35.3 Å². The second-order valence-corrected chi connectivity index (χ2v) is 13.1. The summed E-state index contributed by atoms with van der Waals surface area (Å²) < 4.78 is 0. The number of anilines is 2. The minimum absolute atomic E-state index is 0.271. The Hall–Kier alpha value is -2.73. The van der Waals surface area contributed by atoms with Gasteiger partial charge < -0.3 is 26.0 Å². The highest BCUT2D eigenvalue weighted by molar-refractivity contribution is 5.53. The SMILES string of the molecule is Cc1ccccc1CNc1ncc(C#N)c(NC[C@]23CC4C[C@H](C2)[C@@H](NCC2CCN(CCO)CC2)[C@@H](C4)C3)n1. The van der Waals surface area contributed by atoms with Crippen LogP contribution in [0.5, 0.6) is 0 Å². The van der Waals surface area contributed by atoms with E-state index in [2.05, 4.69) is 51.0 Å². The number of piperidine rings is 1. The van der Waals surface area contributed by atoms with E-state index in [0.717, 1.165) is 56.4 Å². The Morgan fingerprint density at radius 1 is 1.10 bits per heavy atom. The molecular weight excluding hydrogens is 498 g/mol. The fourth-order valence-corrected chi connectivity index (χ4v) is 8.54. The van der Waals surface area contributed by atoms with Gasteiger partial charge in [-0.15, -0.1) is 0 Å². The van der Waals surface area contributed by atoms with Crippen LogP contribution in [0.2, 0.25) is 0 Å². The van der Waals surface area contributed by atoms with E-state index in [1.54, 1.807) is 6.20 Å². The van der Waals surface area contributed by atoms with Gasteiger partial charge in [-0.05, 0) is 112 Å². The first-order valence-corrected chi connectivity index (χ1v) is 15.4. The van der Waals surface area contributed by atoms with Gasteiger partial charge in [0.25, 0.3) is 0 Å². The van der Waals surface area contributed by atoms with Crippen molar-refractivity contribution in [2.24, 2.45) is 29.1 Å². The summed E-state index contributed by atoms with van der Waals surface area (Å²) in [5.74, 6) is 4.33. The molecule has 2 aromatic rings. The smallest absolute Gasteiger partial charge is 0.224 e. The van der Waals surface area contributed by atoms with E-state index >= 15 is 0 Å². The first-order chi connectivity index (χ1) is 19.5. The third kappa shape index (κ3) is 5.97. The van der Waals surface area contributed by atoms with E-state index in [1.807, 2.05) is 12.1 Å². The molecule has 4 aliphatic carbocycles. The third-order valence-electron chi connectivity index (χ3n) is 10.4. The minimum Gasteiger partial charge on any atom is -0.395 e. The first kappa shape index (κ1) is 27.4. The van der Waals surface area contributed by atoms with E-state index in [4.69, 9.17) is 4.98 Å². The maximum absolute atomic E-state index is 9.74. The normalized spacial score (nSPS) is 29.8. The molecule has 7 rings (SSSR count). The van der Waals surface area contributed by atoms with Gasteiger partial charge in [0.1, 0.15) is 17.5 Å². The minimum atomic E-state index is 0.271. The van der Waals surface area contributed by atoms with E-state index in [9.17, 15) is 10.4 Å². The molecular formula is C32H45N7O. The summed E-state index contributed by atoms with van der Waals surface area (Å²) in [5, 5.41) is 30.0. The van der Waals surface area contributed by atoms with E-state index in [-0.39, 0.29) is 6.61 Å². The highest BCUT2D eigenvalue weighted by Gasteiger charge is 2.55. The molecule has 4 saturated carbocycles. The predicted octanol–water partition coefficient (Wildman–Crippen LogP) is 4.17. The molecule has 1 unspecified atom stereocenters. The van der Waals surface area contributed by atoms with Crippen LogP contribution in [0, 0.1) is 47.3 Å². The molecule has 1 aliphatic heterocycles. The van der Waals surface area contributed by atoms with Gasteiger partial charge in [-0.3, -0.25) is 0 Å². The fraction of sp³-hybridized carbons (Fsp3) is 0.656. The Morgan fingerprint density at radius 3 is 2.60 bits per heavy atom. The second kappa shape index (κ2) is 12.0. The summed E-state index contributed by atoms with van der Waals surface area (Å²) in [6.07, 6.45) is 10.7. The Morgan fingerprint density at radius 2 is 1.88 bits per heavy atom. The number of nitriles is 1. The van der Waals surface area contributed by atoms with Crippen molar-refractivity contribution in [1.82, 2.24) is 20.2 Å². The molecule has 2 heterocycles. The van der Waals surface area contributed by atoms with Gasteiger partial charge in [-0.2, -0.15) is 10.2 Å². The van der Waals surface area contributed by atoms with Crippen molar-refractivity contribution < 1.29 is 5.11 Å². The van der Waals surface area contributed by atoms with Crippen LogP contribution in [0.25, 0.3) is 0 Å². The zero-order valence-electron chi connectivity index (χ0n) is 23.9. The van der Waals surface area contributed by atoms with Crippen LogP contribution in [-0.2, 0) is 6.54 Å². The molecule has 214 valence electrons. The molecule has 8 nitrogen and oxygen atoms in total. The summed E-state index contributed by atoms with van der Waals surface area (Å²) in [6.45, 7) is 8.13. The molecule has 4 N–H and O–H groups in total. The van der Waals surface area contributed by atoms with Crippen LogP contribution >= 0.6 is 0 Å². The number of nitrogens with one attached hydrogen (secondary N) is 3. The Labute approximate surface area is 239 Å². The number of aryl methyl sites for hydroxylation is 1. The van der Waals surface area contributed by atoms with Gasteiger partial charge in [0.15, 0.2) is 0 Å². The quantitative estimate of drug-likeness (QED) is 0.334. The molecule has 8 heteroatoms. The van der Waals surface area contributed by atoms with Crippen molar-refractivity contribution in [2.75, 3.05) is 50.0 Å². The van der Waals surface area contributed by atoms with Crippen molar-refractivity contribution in [3.8, 4) is 6.07 Å². The molecule has 40 heavy (non-hydrogen) atoms. The molecule has 1 saturated heterocycles. The molecule has 1 aromatic heterocycles. The lowest BCUT2D eigenvalue weighted by Crippen LogP contribution is -2.60. The maximum atomic E-state index is 9.74. The topological polar surface area (TPSA) is 109 Å². The van der Waals surface area contributed by atoms with E-state index < -0.39 is 0 Å². The van der Waals surface area contributed by atoms with Crippen molar-refractivity contribution in [2.45, 2.75) is 64.5 Å². The van der Waals surface area contributed by atoms with Crippen molar-refractivity contribution in [3.63, 3.8) is 0 Å². The van der Waals surface area contributed by atoms with Crippen LogP contribution in [0.15, 0.2) is 30.5 Å². The Balaban J connectivity index is 1.05. The monoisotopic (exact) mass is 543 g/mol. The van der Waals surface area contributed by atoms with Crippen molar-refractivity contribution >= 4 is 11.8 Å². The molecule has 4 bridgehead atoms. The fourth-order valence-electron chi connectivity index (χ4n) is 8.54. The average Bonchev–Trinajstić information content (AvgIpc) is 2.96. The number of rotatable bonds is 11. The zero-order valence-corrected chi connectivity index (χ0v) is 23.9. The van der Waals surface area contributed by atoms with Crippen LogP contribution in [-0.4, -0.2) is 65.3 Å². The van der Waals surface area contributed by atoms with Crippen molar-refractivity contribution in [3.05, 3.63) is 47.2 Å². The van der Waals surface area contributed by atoms with Gasteiger partial charge in [-0.1, -0.05) is 24.3 Å². The number of likely N-dealkylation sites (tertiary alicyclic amines) is 1. The number of hydrogen-bond donors (Lipinski definition) is 4. The predicted molar refractivity (Wildman–Crippen MR) is 158 cm³/mol. The zero-order chi connectivity index (χ0) is 27.5. The number of benzene rings is 1. The lowest BCUT2D eigenvalue weighted by Gasteiger charge is -2.60. The first-order valence-electron chi connectivity index (χ1n) is 15.4. The standard InChI is InChI=1S/C32H45N7O/c1-22-4-2-3-5-25(22)19-35-31-36-20-28(17-33)30(38-31)37-21-32-14-24-12-26(15-32)29(27(13-24)16-32)34-18-23-6-8-39(9-7-23)10-11-40/h2-5,20,23-24,26-27,29,34,40H,6-16,18-19,21H2,1H3,(H2,35,36,37,38)/t24?,26-,27+,29-,32-. The molecule has 5 fully saturated rings. The van der Waals surface area contributed by atoms with Crippen molar-refractivity contribution in [1.29, 1.82) is 5.26 Å². The molecule has 5 aliphatic rings. The number of aliphatic hydroxyl groups excluding tert-OH is 1. The number of aliphatic hydroxyl groups is 1. The largest absolute Gasteiger partial charge is 0.395 e. The number of nitrogens with zero attached hydrogens (tertiary/aromatic N) is 4. The van der Waals surface area contributed by atoms with Gasteiger partial charge in [0, 0.05) is 25.7 Å². The number of hydrogen-bond acceptors (Lipinski definition) is 8. The molecule has 5 atom stereocenters. The molecule has 1 aromatic carbocycles. The van der Waals surface area contributed by atoms with Gasteiger partial charge >= 0.3 is 0 Å². The summed E-state index contributed by atoms with van der Waals surface area (Å²) in [4.78, 5) is 11.5. The van der Waals surface area contributed by atoms with Crippen LogP contribution < -0.4 is 16.0 Å². The van der Waals surface area contributed by atoms with E-state index in [1.165, 1.54) is 56.1 Å². The summed E-state index contributed by atoms with van der Waals surface area (Å²) in [6, 6.07) is 11.3. The Kier molecular flexibility index (Phi) is 8.25. The molecule has 0 amide bonds. The molecule has 0 radical (unpaired) electrons. The summed E-state index contributed by atoms with van der Waals surface area (Å²) in [7, 11) is 0. The van der Waals surface area contributed by atoms with Gasteiger partial charge in [-0.25, -0.2) is 4.98 Å². The highest BCUT2D eigenvalue weighted by atomic mass is 16.3. The summed E-state index contributed by atoms with van der Waals surface area (Å²) in [5.41, 5.74) is 3.26. The van der Waals surface area contributed by atoms with Crippen LogP contribution in [0.3, 0.4) is 0 Å². The van der Waals surface area contributed by atoms with Crippen LogP contribution in [0.4, 0.5) is 11.8 Å². The number of β-amino-alcohol motifs (C(OH)–C–C–N with tert-alkyl or cyclic N) is 1. The number of aromatic nitrogens is 2. The second-order valence-electron chi connectivity index (χ2n) is 13.1. The van der Waals surface area contributed by atoms with Gasteiger partial charge in [0.2, 0.25) is 5.95 Å². The summed E-state index contributed by atoms with van der Waals surface area (Å²) >= 11 is 0. The molecule has 0 spiro atoms. The highest BCUT2D eigenvalue weighted by Crippen LogP contribution is 2.60. The maximum Gasteiger partial charge on any atom is 0.224 e. The lowest BCUT2D eigenvalue weighted by atomic mass is 9.48. The Bertz CT molecular complexity index is 1190. The third-order valence-corrected chi connectivity index (χ3v) is 10.4. The average molecular weight is 544 g/mol. The van der Waals surface area contributed by atoms with Gasteiger partial charge in [0.05, 0.1) is 12.8 Å². The van der Waals surface area contributed by atoms with Crippen LogP contribution in [0.1, 0.15) is 61.6 Å². The lowest BCUT2D eigenvalue weighted by molar-refractivity contribution is -0.0704.